The van der Waals surface area contributed by atoms with Crippen LogP contribution in [0.4, 0.5) is 0 Å². The highest BCUT2D eigenvalue weighted by Crippen LogP contribution is 2.36. The molecule has 1 N–H and O–H groups in total. The van der Waals surface area contributed by atoms with Crippen molar-refractivity contribution < 1.29 is 0 Å². The van der Waals surface area contributed by atoms with Gasteiger partial charge in [0.15, 0.2) is 0 Å². The van der Waals surface area contributed by atoms with Gasteiger partial charge in [0.1, 0.15) is 0 Å². The highest BCUT2D eigenvalue weighted by atomic mass is 14.9. The molecule has 0 amide bonds. The smallest absolute Gasteiger partial charge is 0.0117 e. The average molecular weight is 327 g/mol. The Bertz CT molecular complexity index is 795. The number of benzene rings is 3. The summed E-state index contributed by atoms with van der Waals surface area (Å²) >= 11 is 0. The molecule has 0 aromatic heterocycles. The van der Waals surface area contributed by atoms with Crippen LogP contribution in [0.1, 0.15) is 34.6 Å². The van der Waals surface area contributed by atoms with Gasteiger partial charge in [0.2, 0.25) is 0 Å². The van der Waals surface area contributed by atoms with Crippen molar-refractivity contribution in [1.29, 1.82) is 0 Å². The van der Waals surface area contributed by atoms with Crippen LogP contribution in [0.3, 0.4) is 0 Å². The van der Waals surface area contributed by atoms with Gasteiger partial charge in [0, 0.05) is 12.0 Å². The lowest BCUT2D eigenvalue weighted by molar-refractivity contribution is 0.437. The van der Waals surface area contributed by atoms with Crippen LogP contribution in [-0.2, 0) is 12.8 Å². The van der Waals surface area contributed by atoms with Crippen LogP contribution in [-0.4, -0.2) is 12.6 Å². The molecule has 1 heteroatoms. The molecule has 0 unspecified atom stereocenters. The van der Waals surface area contributed by atoms with Gasteiger partial charge in [-0.05, 0) is 48.1 Å². The van der Waals surface area contributed by atoms with E-state index in [0.717, 1.165) is 19.4 Å². The SMILES string of the molecule is c1ccc(CCN[C@@H]2Cc3ccccc3[C@@H](c3ccccc3)C2)cc1. The summed E-state index contributed by atoms with van der Waals surface area (Å²) in [5.41, 5.74) is 5.85. The standard InChI is InChI=1S/C24H25N/c1-3-9-19(10-4-1)15-16-25-22-17-21-13-7-8-14-23(21)24(18-22)20-11-5-2-6-12-20/h1-14,22,24-25H,15-18H2/t22-,24-/m1/s1. The monoisotopic (exact) mass is 327 g/mol. The van der Waals surface area contributed by atoms with E-state index >= 15 is 0 Å². The van der Waals surface area contributed by atoms with Crippen molar-refractivity contribution in [2.45, 2.75) is 31.2 Å². The van der Waals surface area contributed by atoms with E-state index in [1.807, 2.05) is 0 Å². The van der Waals surface area contributed by atoms with E-state index < -0.39 is 0 Å². The van der Waals surface area contributed by atoms with Crippen molar-refractivity contribution in [2.24, 2.45) is 0 Å². The Morgan fingerprint density at radius 3 is 2.24 bits per heavy atom. The second-order valence-corrected chi connectivity index (χ2v) is 6.99. The Hall–Kier alpha value is -2.38. The molecular weight excluding hydrogens is 302 g/mol. The van der Waals surface area contributed by atoms with Gasteiger partial charge in [-0.25, -0.2) is 0 Å². The number of rotatable bonds is 5. The molecule has 3 aromatic carbocycles. The molecule has 1 aliphatic rings. The van der Waals surface area contributed by atoms with Gasteiger partial charge in [-0.15, -0.1) is 0 Å². The molecule has 0 aliphatic heterocycles. The molecule has 0 saturated heterocycles. The van der Waals surface area contributed by atoms with Crippen molar-refractivity contribution in [3.05, 3.63) is 107 Å². The first kappa shape index (κ1) is 16.1. The number of hydrogen-bond donors (Lipinski definition) is 1. The minimum atomic E-state index is 0.500. The van der Waals surface area contributed by atoms with Crippen LogP contribution < -0.4 is 5.32 Å². The summed E-state index contributed by atoms with van der Waals surface area (Å²) in [6.45, 7) is 1.04. The van der Waals surface area contributed by atoms with Gasteiger partial charge < -0.3 is 5.32 Å². The molecule has 126 valence electrons. The van der Waals surface area contributed by atoms with Crippen molar-refractivity contribution in [1.82, 2.24) is 5.32 Å². The first-order valence-electron chi connectivity index (χ1n) is 9.30. The molecule has 1 aliphatic carbocycles. The zero-order valence-electron chi connectivity index (χ0n) is 14.6. The summed E-state index contributed by atoms with van der Waals surface area (Å²) in [5, 5.41) is 3.81. The first-order valence-corrected chi connectivity index (χ1v) is 9.30. The molecule has 0 heterocycles. The van der Waals surface area contributed by atoms with Crippen molar-refractivity contribution in [3.63, 3.8) is 0 Å². The summed E-state index contributed by atoms with van der Waals surface area (Å²) in [6.07, 6.45) is 3.40. The maximum Gasteiger partial charge on any atom is 0.0117 e. The number of fused-ring (bicyclic) bond motifs is 1. The third-order valence-corrected chi connectivity index (χ3v) is 5.31. The zero-order valence-corrected chi connectivity index (χ0v) is 14.6. The van der Waals surface area contributed by atoms with Gasteiger partial charge in [0.25, 0.3) is 0 Å². The summed E-state index contributed by atoms with van der Waals surface area (Å²) in [4.78, 5) is 0. The largest absolute Gasteiger partial charge is 0.313 e. The average Bonchev–Trinajstić information content (AvgIpc) is 2.69. The number of hydrogen-bond acceptors (Lipinski definition) is 1. The maximum absolute atomic E-state index is 3.81. The van der Waals surface area contributed by atoms with E-state index in [4.69, 9.17) is 0 Å². The Morgan fingerprint density at radius 2 is 1.44 bits per heavy atom. The molecule has 1 nitrogen and oxygen atoms in total. The highest BCUT2D eigenvalue weighted by molar-refractivity contribution is 5.41. The van der Waals surface area contributed by atoms with Gasteiger partial charge in [-0.3, -0.25) is 0 Å². The fourth-order valence-corrected chi connectivity index (χ4v) is 4.04. The predicted molar refractivity (Wildman–Crippen MR) is 105 cm³/mol. The molecule has 0 saturated carbocycles. The van der Waals surface area contributed by atoms with E-state index in [0.29, 0.717) is 12.0 Å². The van der Waals surface area contributed by atoms with Gasteiger partial charge >= 0.3 is 0 Å². The van der Waals surface area contributed by atoms with E-state index in [1.54, 1.807) is 0 Å². The Balaban J connectivity index is 1.48. The lowest BCUT2D eigenvalue weighted by Gasteiger charge is -2.32. The van der Waals surface area contributed by atoms with Gasteiger partial charge in [0.05, 0.1) is 0 Å². The minimum absolute atomic E-state index is 0.500. The molecule has 0 spiro atoms. The summed E-state index contributed by atoms with van der Waals surface area (Å²) in [5.74, 6) is 0.500. The molecular formula is C24H25N. The third kappa shape index (κ3) is 3.83. The lowest BCUT2D eigenvalue weighted by Crippen LogP contribution is -2.37. The van der Waals surface area contributed by atoms with Crippen LogP contribution in [0.5, 0.6) is 0 Å². The maximum atomic E-state index is 3.81. The van der Waals surface area contributed by atoms with E-state index in [-0.39, 0.29) is 0 Å². The third-order valence-electron chi connectivity index (χ3n) is 5.31. The Kier molecular flexibility index (Phi) is 4.94. The second-order valence-electron chi connectivity index (χ2n) is 6.99. The fourth-order valence-electron chi connectivity index (χ4n) is 4.04. The van der Waals surface area contributed by atoms with Crippen LogP contribution in [0.2, 0.25) is 0 Å². The van der Waals surface area contributed by atoms with E-state index in [2.05, 4.69) is 90.2 Å². The Labute approximate surface area is 150 Å². The van der Waals surface area contributed by atoms with Crippen molar-refractivity contribution in [3.8, 4) is 0 Å². The highest BCUT2D eigenvalue weighted by Gasteiger charge is 2.27. The van der Waals surface area contributed by atoms with Gasteiger partial charge in [-0.1, -0.05) is 84.9 Å². The van der Waals surface area contributed by atoms with Crippen LogP contribution >= 0.6 is 0 Å². The van der Waals surface area contributed by atoms with Crippen molar-refractivity contribution >= 4 is 0 Å². The van der Waals surface area contributed by atoms with Crippen molar-refractivity contribution in [2.75, 3.05) is 6.54 Å². The minimum Gasteiger partial charge on any atom is -0.313 e. The molecule has 0 fully saturated rings. The van der Waals surface area contributed by atoms with E-state index in [1.165, 1.54) is 28.7 Å². The van der Waals surface area contributed by atoms with E-state index in [9.17, 15) is 0 Å². The van der Waals surface area contributed by atoms with Crippen LogP contribution in [0, 0.1) is 0 Å². The molecule has 2 atom stereocenters. The van der Waals surface area contributed by atoms with Gasteiger partial charge in [-0.2, -0.15) is 0 Å². The summed E-state index contributed by atoms with van der Waals surface area (Å²) in [7, 11) is 0. The topological polar surface area (TPSA) is 12.0 Å². The molecule has 4 rings (SSSR count). The quantitative estimate of drug-likeness (QED) is 0.698. The molecule has 0 bridgehead atoms. The van der Waals surface area contributed by atoms with Crippen LogP contribution in [0.15, 0.2) is 84.9 Å². The summed E-state index contributed by atoms with van der Waals surface area (Å²) < 4.78 is 0. The first-order chi connectivity index (χ1) is 12.4. The molecule has 3 aromatic rings. The normalized spacial score (nSPS) is 19.4. The summed E-state index contributed by atoms with van der Waals surface area (Å²) in [6, 6.07) is 31.2. The Morgan fingerprint density at radius 1 is 0.760 bits per heavy atom. The fraction of sp³-hybridized carbons (Fsp3) is 0.250. The predicted octanol–water partition coefficient (Wildman–Crippen LogP) is 4.97. The number of nitrogens with one attached hydrogen (secondary N) is 1. The molecule has 0 radical (unpaired) electrons. The second kappa shape index (κ2) is 7.67. The lowest BCUT2D eigenvalue weighted by atomic mass is 9.76. The zero-order chi connectivity index (χ0) is 16.9. The molecule has 25 heavy (non-hydrogen) atoms. The van der Waals surface area contributed by atoms with Crippen LogP contribution in [0.25, 0.3) is 0 Å².